The molecule has 0 aromatic heterocycles. The monoisotopic (exact) mass is 216 g/mol. The molecule has 1 aromatic carbocycles. The van der Waals surface area contributed by atoms with Gasteiger partial charge in [0.2, 0.25) is 0 Å². The van der Waals surface area contributed by atoms with Crippen LogP contribution >= 0.6 is 0 Å². The van der Waals surface area contributed by atoms with Crippen LogP contribution in [-0.4, -0.2) is 36.5 Å². The van der Waals surface area contributed by atoms with Gasteiger partial charge in [0.15, 0.2) is 5.78 Å². The predicted molar refractivity (Wildman–Crippen MR) is 62.5 cm³/mol. The highest BCUT2D eigenvalue weighted by atomic mass is 16.1. The lowest BCUT2D eigenvalue weighted by Crippen LogP contribution is -2.43. The molecule has 2 aliphatic rings. The van der Waals surface area contributed by atoms with Crippen molar-refractivity contribution < 1.29 is 4.79 Å². The van der Waals surface area contributed by atoms with Crippen LogP contribution in [0.5, 0.6) is 0 Å². The smallest absolute Gasteiger partial charge is 0.180 e. The summed E-state index contributed by atoms with van der Waals surface area (Å²) in [5.41, 5.74) is 2.15. The van der Waals surface area contributed by atoms with E-state index in [0.717, 1.165) is 38.2 Å². The Balaban J connectivity index is 1.88. The Bertz CT molecular complexity index is 410. The highest BCUT2D eigenvalue weighted by molar-refractivity contribution is 6.02. The average molecular weight is 216 g/mol. The van der Waals surface area contributed by atoms with Gasteiger partial charge in [-0.15, -0.1) is 0 Å². The molecule has 0 saturated carbocycles. The van der Waals surface area contributed by atoms with Gasteiger partial charge in [0, 0.05) is 25.3 Å². The molecule has 1 aromatic rings. The molecule has 3 nitrogen and oxygen atoms in total. The largest absolute Gasteiger partial charge is 0.303 e. The molecule has 1 aliphatic carbocycles. The van der Waals surface area contributed by atoms with Crippen LogP contribution in [0.15, 0.2) is 24.3 Å². The summed E-state index contributed by atoms with van der Waals surface area (Å²) in [7, 11) is 0. The highest BCUT2D eigenvalue weighted by Crippen LogP contribution is 2.24. The number of Topliss-reactive ketones (excluding diaryl/α,β-unsaturated/α-hetero) is 1. The number of benzene rings is 1. The minimum atomic E-state index is 0.102. The van der Waals surface area contributed by atoms with E-state index in [1.165, 1.54) is 5.56 Å². The maximum Gasteiger partial charge on any atom is 0.180 e. The fourth-order valence-corrected chi connectivity index (χ4v) is 2.72. The van der Waals surface area contributed by atoms with E-state index in [9.17, 15) is 4.79 Å². The summed E-state index contributed by atoms with van der Waals surface area (Å²) < 4.78 is 0. The van der Waals surface area contributed by atoms with E-state index >= 15 is 0 Å². The number of rotatable bonds is 1. The van der Waals surface area contributed by atoms with Gasteiger partial charge in [0.25, 0.3) is 0 Å². The van der Waals surface area contributed by atoms with Crippen LogP contribution in [0.25, 0.3) is 0 Å². The molecule has 1 heterocycles. The number of ketones is 1. The lowest BCUT2D eigenvalue weighted by atomic mass is 9.86. The molecule has 0 bridgehead atoms. The lowest BCUT2D eigenvalue weighted by molar-refractivity contribution is 0.0822. The molecule has 1 atom stereocenters. The Morgan fingerprint density at radius 2 is 2.19 bits per heavy atom. The molecular weight excluding hydrogens is 200 g/mol. The maximum atomic E-state index is 12.3. The highest BCUT2D eigenvalue weighted by Gasteiger charge is 2.32. The fraction of sp³-hybridized carbons (Fsp3) is 0.462. The van der Waals surface area contributed by atoms with E-state index in [-0.39, 0.29) is 6.04 Å². The van der Waals surface area contributed by atoms with E-state index < -0.39 is 0 Å². The first-order chi connectivity index (χ1) is 7.86. The first-order valence-corrected chi connectivity index (χ1v) is 5.93. The van der Waals surface area contributed by atoms with Gasteiger partial charge in [-0.25, -0.2) is 0 Å². The normalized spacial score (nSPS) is 25.8. The van der Waals surface area contributed by atoms with Crippen molar-refractivity contribution in [2.45, 2.75) is 18.9 Å². The van der Waals surface area contributed by atoms with Crippen molar-refractivity contribution in [1.29, 1.82) is 0 Å². The molecule has 1 fully saturated rings. The van der Waals surface area contributed by atoms with Crippen LogP contribution in [0.1, 0.15) is 22.3 Å². The van der Waals surface area contributed by atoms with Crippen molar-refractivity contribution in [1.82, 2.24) is 10.2 Å². The molecule has 1 N–H and O–H groups in total. The molecular formula is C13H16N2O. The molecule has 84 valence electrons. The third-order valence-corrected chi connectivity index (χ3v) is 3.60. The fourth-order valence-electron chi connectivity index (χ4n) is 2.72. The van der Waals surface area contributed by atoms with E-state index in [4.69, 9.17) is 0 Å². The van der Waals surface area contributed by atoms with Gasteiger partial charge < -0.3 is 5.32 Å². The van der Waals surface area contributed by atoms with Crippen LogP contribution in [0.2, 0.25) is 0 Å². The second-order valence-corrected chi connectivity index (χ2v) is 4.55. The van der Waals surface area contributed by atoms with Crippen molar-refractivity contribution >= 4 is 5.78 Å². The summed E-state index contributed by atoms with van der Waals surface area (Å²) >= 11 is 0. The summed E-state index contributed by atoms with van der Waals surface area (Å²) in [6.07, 6.45) is 2.00. The third kappa shape index (κ3) is 1.56. The van der Waals surface area contributed by atoms with Crippen LogP contribution in [-0.2, 0) is 6.42 Å². The zero-order valence-corrected chi connectivity index (χ0v) is 9.28. The van der Waals surface area contributed by atoms with E-state index in [0.29, 0.717) is 5.78 Å². The number of fused-ring (bicyclic) bond motifs is 1. The summed E-state index contributed by atoms with van der Waals surface area (Å²) in [5.74, 6) is 0.311. The Morgan fingerprint density at radius 1 is 1.31 bits per heavy atom. The predicted octanol–water partition coefficient (Wildman–Crippen LogP) is 1.05. The van der Waals surface area contributed by atoms with Gasteiger partial charge in [0.05, 0.1) is 6.04 Å². The van der Waals surface area contributed by atoms with Gasteiger partial charge in [-0.05, 0) is 18.4 Å². The molecule has 0 spiro atoms. The quantitative estimate of drug-likeness (QED) is 0.761. The first-order valence-electron chi connectivity index (χ1n) is 5.93. The molecule has 0 amide bonds. The summed E-state index contributed by atoms with van der Waals surface area (Å²) in [6.45, 7) is 2.86. The van der Waals surface area contributed by atoms with E-state index in [1.54, 1.807) is 0 Å². The summed E-state index contributed by atoms with van der Waals surface area (Å²) in [5, 5.41) is 3.29. The van der Waals surface area contributed by atoms with Gasteiger partial charge in [-0.3, -0.25) is 9.69 Å². The number of hydrogen-bond donors (Lipinski definition) is 1. The van der Waals surface area contributed by atoms with Crippen molar-refractivity contribution in [3.8, 4) is 0 Å². The molecule has 1 saturated heterocycles. The summed E-state index contributed by atoms with van der Waals surface area (Å²) in [4.78, 5) is 14.6. The molecule has 1 unspecified atom stereocenters. The zero-order valence-electron chi connectivity index (χ0n) is 9.28. The Hall–Kier alpha value is -1.19. The minimum absolute atomic E-state index is 0.102. The van der Waals surface area contributed by atoms with Gasteiger partial charge in [-0.2, -0.15) is 0 Å². The minimum Gasteiger partial charge on any atom is -0.303 e. The van der Waals surface area contributed by atoms with E-state index in [1.807, 2.05) is 18.2 Å². The molecule has 0 radical (unpaired) electrons. The van der Waals surface area contributed by atoms with Crippen molar-refractivity contribution in [3.63, 3.8) is 0 Å². The Labute approximate surface area is 95.4 Å². The second-order valence-electron chi connectivity index (χ2n) is 4.55. The standard InChI is InChI=1S/C13H16N2O/c16-13-11-4-2-1-3-10(11)5-6-12(13)15-8-7-14-9-15/h1-4,12,14H,5-9H2. The number of nitrogens with one attached hydrogen (secondary N) is 1. The van der Waals surface area contributed by atoms with Crippen LogP contribution in [0.3, 0.4) is 0 Å². The second kappa shape index (κ2) is 4.00. The Kier molecular flexibility index (Phi) is 2.50. The number of carbonyl (C=O) groups is 1. The molecule has 1 aliphatic heterocycles. The van der Waals surface area contributed by atoms with Gasteiger partial charge in [-0.1, -0.05) is 24.3 Å². The van der Waals surface area contributed by atoms with Crippen LogP contribution < -0.4 is 5.32 Å². The Morgan fingerprint density at radius 3 is 3.00 bits per heavy atom. The van der Waals surface area contributed by atoms with Crippen LogP contribution in [0.4, 0.5) is 0 Å². The number of hydrogen-bond acceptors (Lipinski definition) is 3. The SMILES string of the molecule is O=C1c2ccccc2CCC1N1CCNC1. The molecule has 3 heteroatoms. The van der Waals surface area contributed by atoms with Crippen LogP contribution in [0, 0.1) is 0 Å². The van der Waals surface area contributed by atoms with E-state index in [2.05, 4.69) is 16.3 Å². The first kappa shape index (κ1) is 10.00. The van der Waals surface area contributed by atoms with Gasteiger partial charge >= 0.3 is 0 Å². The third-order valence-electron chi connectivity index (χ3n) is 3.60. The van der Waals surface area contributed by atoms with Gasteiger partial charge in [0.1, 0.15) is 0 Å². The maximum absolute atomic E-state index is 12.3. The number of nitrogens with zero attached hydrogens (tertiary/aromatic N) is 1. The number of aryl methyl sites for hydroxylation is 1. The average Bonchev–Trinajstić information content (AvgIpc) is 2.83. The number of carbonyl (C=O) groups excluding carboxylic acids is 1. The van der Waals surface area contributed by atoms with Crippen molar-refractivity contribution in [2.75, 3.05) is 19.8 Å². The topological polar surface area (TPSA) is 32.3 Å². The van der Waals surface area contributed by atoms with Crippen molar-refractivity contribution in [3.05, 3.63) is 35.4 Å². The lowest BCUT2D eigenvalue weighted by Gasteiger charge is -2.30. The molecule has 16 heavy (non-hydrogen) atoms. The van der Waals surface area contributed by atoms with Crippen molar-refractivity contribution in [2.24, 2.45) is 0 Å². The zero-order chi connectivity index (χ0) is 11.0. The molecule has 3 rings (SSSR count). The summed E-state index contributed by atoms with van der Waals surface area (Å²) in [6, 6.07) is 8.12.